The Labute approximate surface area is 163 Å². The number of carbonyl (C=O) groups is 2. The van der Waals surface area contributed by atoms with Gasteiger partial charge in [-0.1, -0.05) is 25.0 Å². The highest BCUT2D eigenvalue weighted by molar-refractivity contribution is 5.79. The highest BCUT2D eigenvalue weighted by Gasteiger charge is 2.47. The second-order valence-electron chi connectivity index (χ2n) is 8.79. The van der Waals surface area contributed by atoms with Crippen LogP contribution in [0.15, 0.2) is 12.2 Å². The summed E-state index contributed by atoms with van der Waals surface area (Å²) in [5.74, 6) is 0.670. The van der Waals surface area contributed by atoms with E-state index in [2.05, 4.69) is 6.08 Å². The molecule has 5 nitrogen and oxygen atoms in total. The first-order chi connectivity index (χ1) is 13.1. The number of aliphatic hydroxyl groups is 1. The molecule has 152 valence electrons. The van der Waals surface area contributed by atoms with Crippen LogP contribution in [0.25, 0.3) is 0 Å². The van der Waals surface area contributed by atoms with Crippen molar-refractivity contribution in [2.24, 2.45) is 11.3 Å². The summed E-state index contributed by atoms with van der Waals surface area (Å²) in [5, 5.41) is 10.8. The third-order valence-corrected chi connectivity index (χ3v) is 6.86. The summed E-state index contributed by atoms with van der Waals surface area (Å²) in [6, 6.07) is 0. The molecule has 0 aromatic carbocycles. The van der Waals surface area contributed by atoms with Crippen molar-refractivity contribution in [3.63, 3.8) is 0 Å². The first-order valence-electron chi connectivity index (χ1n) is 10.9. The average molecular weight is 377 g/mol. The Bertz CT molecular complexity index is 556. The number of unbranched alkanes of at least 4 members (excludes halogenated alkanes) is 1. The maximum absolute atomic E-state index is 12.9. The summed E-state index contributed by atoms with van der Waals surface area (Å²) in [4.78, 5) is 29.5. The molecule has 0 radical (unpaired) electrons. The van der Waals surface area contributed by atoms with Crippen LogP contribution in [0.1, 0.15) is 71.1 Å². The number of hydrogen-bond donors (Lipinski definition) is 1. The largest absolute Gasteiger partial charge is 0.392 e. The summed E-state index contributed by atoms with van der Waals surface area (Å²) in [6.45, 7) is 4.67. The summed E-state index contributed by atoms with van der Waals surface area (Å²) in [6.07, 6.45) is 12.9. The molecular formula is C22H36N2O3. The molecule has 2 amide bonds. The quantitative estimate of drug-likeness (QED) is 0.592. The minimum absolute atomic E-state index is 0.185. The lowest BCUT2D eigenvalue weighted by Crippen LogP contribution is -2.61. The minimum Gasteiger partial charge on any atom is -0.392 e. The Kier molecular flexibility index (Phi) is 6.96. The fourth-order valence-corrected chi connectivity index (χ4v) is 5.24. The van der Waals surface area contributed by atoms with E-state index in [1.54, 1.807) is 0 Å². The molecule has 3 fully saturated rings. The zero-order valence-corrected chi connectivity index (χ0v) is 16.9. The molecular weight excluding hydrogens is 340 g/mol. The van der Waals surface area contributed by atoms with Crippen molar-refractivity contribution in [1.29, 1.82) is 0 Å². The van der Waals surface area contributed by atoms with E-state index in [1.165, 1.54) is 0 Å². The highest BCUT2D eigenvalue weighted by atomic mass is 16.3. The predicted octanol–water partition coefficient (Wildman–Crippen LogP) is 3.13. The van der Waals surface area contributed by atoms with Gasteiger partial charge in [-0.3, -0.25) is 9.59 Å². The topological polar surface area (TPSA) is 60.9 Å². The van der Waals surface area contributed by atoms with Crippen molar-refractivity contribution in [3.05, 3.63) is 12.2 Å². The maximum atomic E-state index is 12.9. The molecule has 0 aromatic rings. The lowest BCUT2D eigenvalue weighted by Gasteiger charge is -2.51. The molecule has 1 saturated carbocycles. The molecule has 2 atom stereocenters. The summed E-state index contributed by atoms with van der Waals surface area (Å²) >= 11 is 0. The Balaban J connectivity index is 1.61. The van der Waals surface area contributed by atoms with E-state index in [0.717, 1.165) is 57.9 Å². The third-order valence-electron chi connectivity index (χ3n) is 6.86. The molecule has 2 aliphatic heterocycles. The van der Waals surface area contributed by atoms with Crippen LogP contribution in [-0.4, -0.2) is 59.0 Å². The normalized spacial score (nSPS) is 29.8. The first kappa shape index (κ1) is 20.4. The van der Waals surface area contributed by atoms with Gasteiger partial charge >= 0.3 is 0 Å². The van der Waals surface area contributed by atoms with Crippen molar-refractivity contribution >= 4 is 11.8 Å². The number of nitrogens with zero attached hydrogens (tertiary/aromatic N) is 2. The number of allylic oxidation sites excluding steroid dienone is 2. The van der Waals surface area contributed by atoms with Crippen LogP contribution in [0.3, 0.4) is 0 Å². The van der Waals surface area contributed by atoms with Gasteiger partial charge in [-0.15, -0.1) is 0 Å². The SMILES string of the molecule is C/C=C/CCCC(=O)N1CCC[C@]2(C1)CN(C(=O)C1CCCC1)CC[C@H]2O. The average Bonchev–Trinajstić information content (AvgIpc) is 3.22. The van der Waals surface area contributed by atoms with E-state index in [9.17, 15) is 14.7 Å². The van der Waals surface area contributed by atoms with Gasteiger partial charge in [0, 0.05) is 43.9 Å². The smallest absolute Gasteiger partial charge is 0.225 e. The van der Waals surface area contributed by atoms with E-state index in [0.29, 0.717) is 32.5 Å². The van der Waals surface area contributed by atoms with Crippen LogP contribution in [-0.2, 0) is 9.59 Å². The summed E-state index contributed by atoms with van der Waals surface area (Å²) in [5.41, 5.74) is -0.330. The van der Waals surface area contributed by atoms with E-state index >= 15 is 0 Å². The van der Waals surface area contributed by atoms with Gasteiger partial charge in [0.25, 0.3) is 0 Å². The zero-order chi connectivity index (χ0) is 19.3. The fraction of sp³-hybridized carbons (Fsp3) is 0.818. The van der Waals surface area contributed by atoms with Crippen molar-refractivity contribution in [1.82, 2.24) is 9.80 Å². The monoisotopic (exact) mass is 376 g/mol. The molecule has 3 aliphatic rings. The van der Waals surface area contributed by atoms with Gasteiger partial charge in [-0.25, -0.2) is 0 Å². The van der Waals surface area contributed by atoms with Gasteiger partial charge in [-0.05, 0) is 51.9 Å². The molecule has 0 bridgehead atoms. The van der Waals surface area contributed by atoms with Gasteiger partial charge in [0.15, 0.2) is 0 Å². The van der Waals surface area contributed by atoms with Crippen LogP contribution in [0.5, 0.6) is 0 Å². The molecule has 1 spiro atoms. The maximum Gasteiger partial charge on any atom is 0.225 e. The Morgan fingerprint density at radius 1 is 1.07 bits per heavy atom. The highest BCUT2D eigenvalue weighted by Crippen LogP contribution is 2.40. The van der Waals surface area contributed by atoms with Gasteiger partial charge < -0.3 is 14.9 Å². The first-order valence-corrected chi connectivity index (χ1v) is 10.9. The number of amides is 2. The second kappa shape index (κ2) is 9.22. The standard InChI is InChI=1S/C22H36N2O3/c1-2-3-4-5-11-20(26)23-14-8-13-22(16-23)17-24(15-12-19(22)25)21(27)18-9-6-7-10-18/h2-3,18-19,25H,4-17H2,1H3/b3-2+/t19-,22+/m1/s1. The Hall–Kier alpha value is -1.36. The van der Waals surface area contributed by atoms with Gasteiger partial charge in [0.05, 0.1) is 6.10 Å². The van der Waals surface area contributed by atoms with Crippen LogP contribution in [0.2, 0.25) is 0 Å². The number of likely N-dealkylation sites (tertiary alicyclic amines) is 2. The van der Waals surface area contributed by atoms with Crippen LogP contribution >= 0.6 is 0 Å². The fourth-order valence-electron chi connectivity index (χ4n) is 5.24. The van der Waals surface area contributed by atoms with E-state index in [4.69, 9.17) is 0 Å². The van der Waals surface area contributed by atoms with E-state index < -0.39 is 6.10 Å². The lowest BCUT2D eigenvalue weighted by molar-refractivity contribution is -0.151. The number of rotatable bonds is 5. The summed E-state index contributed by atoms with van der Waals surface area (Å²) < 4.78 is 0. The number of hydrogen-bond acceptors (Lipinski definition) is 3. The van der Waals surface area contributed by atoms with Crippen molar-refractivity contribution in [3.8, 4) is 0 Å². The molecule has 5 heteroatoms. The van der Waals surface area contributed by atoms with Crippen molar-refractivity contribution in [2.45, 2.75) is 77.2 Å². The van der Waals surface area contributed by atoms with Gasteiger partial charge in [0.1, 0.15) is 0 Å². The second-order valence-corrected chi connectivity index (χ2v) is 8.79. The molecule has 27 heavy (non-hydrogen) atoms. The van der Waals surface area contributed by atoms with Gasteiger partial charge in [0.2, 0.25) is 11.8 Å². The molecule has 3 rings (SSSR count). The molecule has 1 aliphatic carbocycles. The lowest BCUT2D eigenvalue weighted by atomic mass is 9.71. The predicted molar refractivity (Wildman–Crippen MR) is 106 cm³/mol. The van der Waals surface area contributed by atoms with Gasteiger partial charge in [-0.2, -0.15) is 0 Å². The molecule has 1 N–H and O–H groups in total. The van der Waals surface area contributed by atoms with Crippen molar-refractivity contribution < 1.29 is 14.7 Å². The van der Waals surface area contributed by atoms with E-state index in [-0.39, 0.29) is 23.1 Å². The molecule has 2 heterocycles. The zero-order valence-electron chi connectivity index (χ0n) is 16.9. The van der Waals surface area contributed by atoms with Crippen molar-refractivity contribution in [2.75, 3.05) is 26.2 Å². The minimum atomic E-state index is -0.413. The van der Waals surface area contributed by atoms with Crippen LogP contribution in [0, 0.1) is 11.3 Å². The third kappa shape index (κ3) is 4.74. The Morgan fingerprint density at radius 2 is 1.81 bits per heavy atom. The Morgan fingerprint density at radius 3 is 2.56 bits per heavy atom. The molecule has 0 aromatic heterocycles. The number of piperidine rings is 2. The molecule has 2 saturated heterocycles. The molecule has 0 unspecified atom stereocenters. The number of carbonyl (C=O) groups excluding carboxylic acids is 2. The van der Waals surface area contributed by atoms with E-state index in [1.807, 2.05) is 22.8 Å². The van der Waals surface area contributed by atoms with Crippen LogP contribution in [0.4, 0.5) is 0 Å². The summed E-state index contributed by atoms with van der Waals surface area (Å²) in [7, 11) is 0. The number of aliphatic hydroxyl groups excluding tert-OH is 1. The van der Waals surface area contributed by atoms with Crippen LogP contribution < -0.4 is 0 Å².